The summed E-state index contributed by atoms with van der Waals surface area (Å²) in [5.41, 5.74) is 7.95. The molecule has 0 atom stereocenters. The van der Waals surface area contributed by atoms with Crippen molar-refractivity contribution in [3.63, 3.8) is 0 Å². The lowest BCUT2D eigenvalue weighted by Gasteiger charge is -2.23. The minimum atomic E-state index is -4.11. The van der Waals surface area contributed by atoms with Gasteiger partial charge in [-0.1, -0.05) is 24.3 Å². The highest BCUT2D eigenvalue weighted by Crippen LogP contribution is 2.38. The summed E-state index contributed by atoms with van der Waals surface area (Å²) >= 11 is 0. The van der Waals surface area contributed by atoms with Crippen molar-refractivity contribution in [2.24, 2.45) is 5.73 Å². The number of amides is 1. The predicted molar refractivity (Wildman–Crippen MR) is 102 cm³/mol. The largest absolute Gasteiger partial charge is 0.334 e. The second kappa shape index (κ2) is 9.45. The van der Waals surface area contributed by atoms with Crippen molar-refractivity contribution < 1.29 is 19.1 Å². The summed E-state index contributed by atoms with van der Waals surface area (Å²) < 4.78 is 11.1. The summed E-state index contributed by atoms with van der Waals surface area (Å²) in [6.45, 7) is 1.30. The van der Waals surface area contributed by atoms with Crippen LogP contribution in [0, 0.1) is 11.3 Å². The number of nitriles is 1. The van der Waals surface area contributed by atoms with Crippen molar-refractivity contribution >= 4 is 13.5 Å². The van der Waals surface area contributed by atoms with Gasteiger partial charge in [0.25, 0.3) is 5.91 Å². The lowest BCUT2D eigenvalue weighted by molar-refractivity contribution is 0.0742. The summed E-state index contributed by atoms with van der Waals surface area (Å²) in [5, 5.41) is 8.87. The number of carbonyl (C=O) groups excluding carboxylic acids is 1. The lowest BCUT2D eigenvalue weighted by Crippen LogP contribution is -2.32. The minimum Gasteiger partial charge on any atom is -0.334 e. The summed E-state index contributed by atoms with van der Waals surface area (Å²) in [6.07, 6.45) is 0.340. The maximum Gasteiger partial charge on any atom is 0.329 e. The normalized spacial score (nSPS) is 11.0. The fourth-order valence-electron chi connectivity index (χ4n) is 2.61. The molecule has 2 aromatic carbocycles. The molecule has 27 heavy (non-hydrogen) atoms. The average molecular weight is 387 g/mol. The van der Waals surface area contributed by atoms with Gasteiger partial charge in [0.15, 0.2) is 0 Å². The van der Waals surface area contributed by atoms with E-state index in [-0.39, 0.29) is 12.1 Å². The molecule has 0 aliphatic heterocycles. The van der Waals surface area contributed by atoms with E-state index in [0.29, 0.717) is 42.7 Å². The maximum absolute atomic E-state index is 12.8. The minimum absolute atomic E-state index is 0.160. The highest BCUT2D eigenvalue weighted by molar-refractivity contribution is 7.50. The first-order chi connectivity index (χ1) is 12.8. The molecule has 0 saturated carbocycles. The van der Waals surface area contributed by atoms with Gasteiger partial charge in [-0.25, -0.2) is 0 Å². The molecule has 2 rings (SSSR count). The van der Waals surface area contributed by atoms with E-state index in [9.17, 15) is 9.36 Å². The summed E-state index contributed by atoms with van der Waals surface area (Å²) in [5.74, 6) is -0.160. The van der Waals surface area contributed by atoms with E-state index < -0.39 is 7.60 Å². The number of hydrogen-bond acceptors (Lipinski definition) is 4. The highest BCUT2D eigenvalue weighted by atomic mass is 31.2. The molecule has 7 nitrogen and oxygen atoms in total. The molecule has 0 aliphatic rings. The molecule has 4 N–H and O–H groups in total. The molecule has 0 radical (unpaired) electrons. The van der Waals surface area contributed by atoms with E-state index >= 15 is 0 Å². The molecule has 0 aromatic heterocycles. The second-order valence-electron chi connectivity index (χ2n) is 6.20. The van der Waals surface area contributed by atoms with Crippen molar-refractivity contribution in [2.45, 2.75) is 19.1 Å². The third-order valence-corrected chi connectivity index (χ3v) is 4.74. The zero-order chi connectivity index (χ0) is 19.9. The third-order valence-electron chi connectivity index (χ3n) is 3.97. The van der Waals surface area contributed by atoms with Crippen LogP contribution in [0.15, 0.2) is 48.5 Å². The van der Waals surface area contributed by atoms with Crippen molar-refractivity contribution in [3.8, 4) is 6.07 Å². The van der Waals surface area contributed by atoms with Crippen molar-refractivity contribution in [3.05, 3.63) is 70.8 Å². The fraction of sp³-hybridized carbons (Fsp3) is 0.263. The molecule has 0 bridgehead atoms. The van der Waals surface area contributed by atoms with E-state index in [0.717, 1.165) is 5.56 Å². The number of hydrogen-bond donors (Lipinski definition) is 3. The maximum atomic E-state index is 12.8. The molecule has 1 amide bonds. The van der Waals surface area contributed by atoms with Gasteiger partial charge in [-0.05, 0) is 48.4 Å². The average Bonchev–Trinajstić information content (AvgIpc) is 2.65. The fourth-order valence-corrected chi connectivity index (χ4v) is 3.30. The van der Waals surface area contributed by atoms with Crippen molar-refractivity contribution in [1.82, 2.24) is 4.90 Å². The van der Waals surface area contributed by atoms with Crippen LogP contribution in [0.25, 0.3) is 0 Å². The second-order valence-corrected chi connectivity index (χ2v) is 7.84. The molecule has 0 heterocycles. The number of rotatable bonds is 8. The van der Waals surface area contributed by atoms with Crippen LogP contribution < -0.4 is 5.73 Å². The van der Waals surface area contributed by atoms with Crippen LogP contribution in [0.5, 0.6) is 0 Å². The van der Waals surface area contributed by atoms with Gasteiger partial charge in [-0.3, -0.25) is 9.36 Å². The first-order valence-corrected chi connectivity index (χ1v) is 10.2. The zero-order valence-corrected chi connectivity index (χ0v) is 15.7. The highest BCUT2D eigenvalue weighted by Gasteiger charge is 2.17. The number of benzene rings is 2. The number of nitrogens with zero attached hydrogens (tertiary/aromatic N) is 2. The van der Waals surface area contributed by atoms with Crippen LogP contribution in [0.3, 0.4) is 0 Å². The van der Waals surface area contributed by atoms with Crippen LogP contribution in [-0.2, 0) is 17.3 Å². The van der Waals surface area contributed by atoms with Gasteiger partial charge in [-0.2, -0.15) is 5.26 Å². The summed E-state index contributed by atoms with van der Waals surface area (Å²) in [7, 11) is -4.11. The Hall–Kier alpha value is -2.49. The molecular formula is C19H22N3O4P. The number of carbonyl (C=O) groups is 1. The van der Waals surface area contributed by atoms with Gasteiger partial charge in [-0.15, -0.1) is 0 Å². The summed E-state index contributed by atoms with van der Waals surface area (Å²) in [6, 6.07) is 15.3. The number of nitrogens with two attached hydrogens (primary N) is 1. The first-order valence-electron chi connectivity index (χ1n) is 8.44. The van der Waals surface area contributed by atoms with E-state index in [1.54, 1.807) is 53.4 Å². The third kappa shape index (κ3) is 6.63. The van der Waals surface area contributed by atoms with E-state index in [2.05, 4.69) is 0 Å². The van der Waals surface area contributed by atoms with E-state index in [4.69, 9.17) is 20.8 Å². The molecule has 0 fully saturated rings. The van der Waals surface area contributed by atoms with Gasteiger partial charge in [0.2, 0.25) is 0 Å². The SMILES string of the molecule is N#Cc1ccc(C(=O)N(CCCN)Cc2ccc(CP(=O)(O)O)cc2)cc1. The Bertz CT molecular complexity index is 854. The molecular weight excluding hydrogens is 365 g/mol. The lowest BCUT2D eigenvalue weighted by atomic mass is 10.1. The van der Waals surface area contributed by atoms with Gasteiger partial charge >= 0.3 is 7.60 Å². The Labute approximate surface area is 158 Å². The van der Waals surface area contributed by atoms with Crippen molar-refractivity contribution in [1.29, 1.82) is 5.26 Å². The quantitative estimate of drug-likeness (QED) is 0.596. The smallest absolute Gasteiger partial charge is 0.329 e. The van der Waals surface area contributed by atoms with Crippen LogP contribution in [-0.4, -0.2) is 33.7 Å². The molecule has 2 aromatic rings. The Morgan fingerprint density at radius 1 is 1.07 bits per heavy atom. The van der Waals surface area contributed by atoms with Gasteiger partial charge in [0.05, 0.1) is 17.8 Å². The Morgan fingerprint density at radius 3 is 2.19 bits per heavy atom. The Kier molecular flexibility index (Phi) is 7.28. The van der Waals surface area contributed by atoms with Crippen LogP contribution in [0.1, 0.15) is 33.5 Å². The molecule has 0 unspecified atom stereocenters. The predicted octanol–water partition coefficient (Wildman–Crippen LogP) is 2.23. The summed E-state index contributed by atoms with van der Waals surface area (Å²) in [4.78, 5) is 32.6. The van der Waals surface area contributed by atoms with Crippen molar-refractivity contribution in [2.75, 3.05) is 13.1 Å². The Morgan fingerprint density at radius 2 is 1.67 bits per heavy atom. The van der Waals surface area contributed by atoms with Gasteiger partial charge in [0, 0.05) is 18.7 Å². The molecule has 8 heteroatoms. The Balaban J connectivity index is 2.14. The van der Waals surface area contributed by atoms with Crippen LogP contribution >= 0.6 is 7.60 Å². The monoisotopic (exact) mass is 387 g/mol. The topological polar surface area (TPSA) is 128 Å². The van der Waals surface area contributed by atoms with E-state index in [1.807, 2.05) is 6.07 Å². The molecule has 0 saturated heterocycles. The first kappa shape index (κ1) is 20.8. The van der Waals surface area contributed by atoms with Crippen LogP contribution in [0.4, 0.5) is 0 Å². The van der Waals surface area contributed by atoms with E-state index in [1.165, 1.54) is 0 Å². The molecule has 0 aliphatic carbocycles. The van der Waals surface area contributed by atoms with Crippen LogP contribution in [0.2, 0.25) is 0 Å². The molecule has 0 spiro atoms. The standard InChI is InChI=1S/C19H22N3O4P/c20-10-1-11-22(19(23)18-8-6-15(12-21)7-9-18)13-16-2-4-17(5-3-16)14-27(24,25)26/h2-9H,1,10-11,13-14,20H2,(H2,24,25,26). The zero-order valence-electron chi connectivity index (χ0n) is 14.8. The van der Waals surface area contributed by atoms with Gasteiger partial charge in [0.1, 0.15) is 0 Å². The van der Waals surface area contributed by atoms with Gasteiger partial charge < -0.3 is 20.4 Å². The molecule has 142 valence electrons.